The molecule has 4 aromatic carbocycles. The van der Waals surface area contributed by atoms with Gasteiger partial charge in [-0.25, -0.2) is 27.5 Å². The van der Waals surface area contributed by atoms with Crippen molar-refractivity contribution in [1.29, 1.82) is 0 Å². The molecule has 0 aliphatic carbocycles. The molecule has 13 heteroatoms. The summed E-state index contributed by atoms with van der Waals surface area (Å²) in [5.74, 6) is -4.66. The highest BCUT2D eigenvalue weighted by molar-refractivity contribution is 5.88. The molecule has 0 amide bonds. The normalized spacial score (nSPS) is 12.2. The van der Waals surface area contributed by atoms with Crippen molar-refractivity contribution in [1.82, 2.24) is 19.9 Å². The number of esters is 2. The van der Waals surface area contributed by atoms with E-state index >= 15 is 8.78 Å². The van der Waals surface area contributed by atoms with Crippen LogP contribution in [0.4, 0.5) is 17.6 Å². The molecule has 8 aromatic rings. The van der Waals surface area contributed by atoms with Crippen LogP contribution in [0.3, 0.4) is 0 Å². The number of hydrogen-bond acceptors (Lipinski definition) is 9. The van der Waals surface area contributed by atoms with Crippen LogP contribution < -0.4 is 0 Å². The van der Waals surface area contributed by atoms with Crippen LogP contribution >= 0.6 is 0 Å². The summed E-state index contributed by atoms with van der Waals surface area (Å²) in [6.45, 7) is 3.86. The maximum Gasteiger partial charge on any atom is 0.317 e. The van der Waals surface area contributed by atoms with Crippen LogP contribution in [0.1, 0.15) is 70.8 Å². The van der Waals surface area contributed by atoms with Crippen LogP contribution in [-0.4, -0.2) is 31.9 Å². The minimum atomic E-state index is -1.08. The minimum Gasteiger partial charge on any atom is -0.466 e. The van der Waals surface area contributed by atoms with Gasteiger partial charge in [-0.3, -0.25) is 19.6 Å². The highest BCUT2D eigenvalue weighted by Gasteiger charge is 2.32. The van der Waals surface area contributed by atoms with Crippen molar-refractivity contribution in [3.05, 3.63) is 214 Å². The number of carbonyl (C=O) groups excluding carboxylic acids is 2. The zero-order chi connectivity index (χ0) is 46.9. The van der Waals surface area contributed by atoms with Crippen molar-refractivity contribution in [3.63, 3.8) is 0 Å². The van der Waals surface area contributed by atoms with Crippen LogP contribution in [0.5, 0.6) is 0 Å². The molecule has 8 rings (SSSR count). The molecular formula is C54H46F4N4O5. The number of furan rings is 2. The first-order valence-electron chi connectivity index (χ1n) is 22.1. The molecule has 4 heterocycles. The Morgan fingerprint density at radius 3 is 1.42 bits per heavy atom. The maximum atomic E-state index is 15.2. The van der Waals surface area contributed by atoms with E-state index in [1.165, 1.54) is 24.4 Å². The second kappa shape index (κ2) is 21.2. The summed E-state index contributed by atoms with van der Waals surface area (Å²) in [6.07, 6.45) is 3.78. The van der Waals surface area contributed by atoms with E-state index in [0.29, 0.717) is 64.2 Å². The summed E-state index contributed by atoms with van der Waals surface area (Å²) in [4.78, 5) is 48.3. The first-order chi connectivity index (χ1) is 32.5. The number of rotatable bonds is 18. The van der Waals surface area contributed by atoms with Gasteiger partial charge in [-0.2, -0.15) is 0 Å². The SMILES string of the molecule is CCc1ccc(CC(Cc2ncc(-c3ccccc3)nc2Cc2cc(F)cc(F)c2)C(=O)OC(=O)C(Cc2ccc(CC)o2)Cc2ncc(-c3ccccc3)nc2Cc2c(F)cccc2F)o1. The van der Waals surface area contributed by atoms with Crippen molar-refractivity contribution in [3.8, 4) is 22.5 Å². The van der Waals surface area contributed by atoms with Gasteiger partial charge in [-0.05, 0) is 54.1 Å². The van der Waals surface area contributed by atoms with Crippen molar-refractivity contribution in [2.45, 2.75) is 65.2 Å². The van der Waals surface area contributed by atoms with Crippen molar-refractivity contribution < 1.29 is 40.7 Å². The lowest BCUT2D eigenvalue weighted by molar-refractivity contribution is -0.165. The number of aryl methyl sites for hydroxylation is 2. The highest BCUT2D eigenvalue weighted by atomic mass is 19.1. The Hall–Kier alpha value is -7.54. The van der Waals surface area contributed by atoms with Gasteiger partial charge < -0.3 is 13.6 Å². The Balaban J connectivity index is 1.14. The molecule has 0 saturated carbocycles. The lowest BCUT2D eigenvalue weighted by atomic mass is 9.94. The monoisotopic (exact) mass is 906 g/mol. The number of ether oxygens (including phenoxy) is 1. The van der Waals surface area contributed by atoms with Gasteiger partial charge in [0.05, 0.1) is 58.4 Å². The number of nitrogens with zero attached hydrogens (tertiary/aromatic N) is 4. The predicted octanol–water partition coefficient (Wildman–Crippen LogP) is 11.2. The second-order valence-corrected chi connectivity index (χ2v) is 16.3. The second-order valence-electron chi connectivity index (χ2n) is 16.3. The highest BCUT2D eigenvalue weighted by Crippen LogP contribution is 2.28. The number of carbonyl (C=O) groups is 2. The van der Waals surface area contributed by atoms with Gasteiger partial charge >= 0.3 is 11.9 Å². The molecular weight excluding hydrogens is 861 g/mol. The zero-order valence-electron chi connectivity index (χ0n) is 36.9. The summed E-state index contributed by atoms with van der Waals surface area (Å²) < 4.78 is 77.1. The number of hydrogen-bond donors (Lipinski definition) is 0. The number of benzene rings is 4. The van der Waals surface area contributed by atoms with Crippen LogP contribution in [0.2, 0.25) is 0 Å². The average molecular weight is 907 g/mol. The minimum absolute atomic E-state index is 0.00872. The summed E-state index contributed by atoms with van der Waals surface area (Å²) in [7, 11) is 0. The number of aromatic nitrogens is 4. The van der Waals surface area contributed by atoms with E-state index < -0.39 is 47.0 Å². The fourth-order valence-corrected chi connectivity index (χ4v) is 7.94. The predicted molar refractivity (Wildman–Crippen MR) is 242 cm³/mol. The van der Waals surface area contributed by atoms with E-state index in [2.05, 4.69) is 0 Å². The topological polar surface area (TPSA) is 121 Å². The molecule has 2 unspecified atom stereocenters. The molecule has 67 heavy (non-hydrogen) atoms. The van der Waals surface area contributed by atoms with Crippen LogP contribution in [0.15, 0.2) is 143 Å². The maximum absolute atomic E-state index is 15.2. The first-order valence-corrected chi connectivity index (χ1v) is 22.1. The smallest absolute Gasteiger partial charge is 0.317 e. The largest absolute Gasteiger partial charge is 0.466 e. The van der Waals surface area contributed by atoms with Gasteiger partial charge in [0.15, 0.2) is 0 Å². The fraction of sp³-hybridized carbons (Fsp3) is 0.222. The quantitative estimate of drug-likeness (QED) is 0.0470. The van der Waals surface area contributed by atoms with E-state index in [-0.39, 0.29) is 55.5 Å². The van der Waals surface area contributed by atoms with E-state index in [9.17, 15) is 18.4 Å². The Morgan fingerprint density at radius 1 is 0.522 bits per heavy atom. The van der Waals surface area contributed by atoms with Crippen LogP contribution in [0.25, 0.3) is 22.5 Å². The molecule has 0 aliphatic rings. The van der Waals surface area contributed by atoms with Gasteiger partial charge in [0.1, 0.15) is 46.3 Å². The van der Waals surface area contributed by atoms with Gasteiger partial charge in [-0.1, -0.05) is 80.6 Å². The molecule has 340 valence electrons. The summed E-state index contributed by atoms with van der Waals surface area (Å²) in [5, 5.41) is 0. The molecule has 0 N–H and O–H groups in total. The third-order valence-electron chi connectivity index (χ3n) is 11.5. The lowest BCUT2D eigenvalue weighted by Gasteiger charge is -2.20. The summed E-state index contributed by atoms with van der Waals surface area (Å²) in [5.41, 5.74) is 3.74. The van der Waals surface area contributed by atoms with Gasteiger partial charge in [0.25, 0.3) is 0 Å². The Morgan fingerprint density at radius 2 is 0.970 bits per heavy atom. The van der Waals surface area contributed by atoms with Crippen molar-refractivity contribution in [2.24, 2.45) is 11.8 Å². The molecule has 0 bridgehead atoms. The van der Waals surface area contributed by atoms with Gasteiger partial charge in [-0.15, -0.1) is 0 Å². The molecule has 0 spiro atoms. The number of halogens is 4. The molecule has 0 fully saturated rings. The molecule has 9 nitrogen and oxygen atoms in total. The van der Waals surface area contributed by atoms with E-state index in [0.717, 1.165) is 29.3 Å². The summed E-state index contributed by atoms with van der Waals surface area (Å²) in [6, 6.07) is 32.4. The van der Waals surface area contributed by atoms with E-state index in [1.807, 2.05) is 74.5 Å². The van der Waals surface area contributed by atoms with Gasteiger partial charge in [0, 0.05) is 74.1 Å². The first kappa shape index (κ1) is 46.0. The third-order valence-corrected chi connectivity index (χ3v) is 11.5. The Kier molecular flexibility index (Phi) is 14.5. The standard InChI is InChI=1S/C54H46F4N4O5/c1-3-40-18-20-42(65-40)25-36(27-47-49(24-33-22-38(55)29-39(56)23-33)61-51(31-59-47)34-12-7-5-8-13-34)53(63)67-54(64)37(26-43-21-19-41(4-2)66-43)28-48-50(30-44-45(57)16-11-17-46(44)58)62-52(32-60-48)35-14-9-6-10-15-35/h5-23,29,31-32,36-37H,3-4,24-28,30H2,1-2H3. The average Bonchev–Trinajstić information content (AvgIpc) is 4.00. The van der Waals surface area contributed by atoms with Gasteiger partial charge in [0.2, 0.25) is 0 Å². The fourth-order valence-electron chi connectivity index (χ4n) is 7.94. The van der Waals surface area contributed by atoms with E-state index in [4.69, 9.17) is 33.5 Å². The zero-order valence-corrected chi connectivity index (χ0v) is 36.9. The van der Waals surface area contributed by atoms with Crippen molar-refractivity contribution >= 4 is 11.9 Å². The summed E-state index contributed by atoms with van der Waals surface area (Å²) >= 11 is 0. The van der Waals surface area contributed by atoms with Crippen molar-refractivity contribution in [2.75, 3.05) is 0 Å². The lowest BCUT2D eigenvalue weighted by Crippen LogP contribution is -2.31. The Labute approximate surface area is 385 Å². The molecule has 0 aliphatic heterocycles. The Bertz CT molecular complexity index is 2950. The molecule has 2 atom stereocenters. The molecule has 0 radical (unpaired) electrons. The van der Waals surface area contributed by atoms with Crippen LogP contribution in [0, 0.1) is 35.1 Å². The molecule has 4 aromatic heterocycles. The molecule has 0 saturated heterocycles. The van der Waals surface area contributed by atoms with E-state index in [1.54, 1.807) is 30.5 Å². The van der Waals surface area contributed by atoms with Crippen LogP contribution in [-0.2, 0) is 65.7 Å². The third kappa shape index (κ3) is 11.7.